The number of hydrogen-bond donors (Lipinski definition) is 2. The van der Waals surface area contributed by atoms with Crippen LogP contribution in [0, 0.1) is 12.8 Å². The van der Waals surface area contributed by atoms with Gasteiger partial charge in [-0.15, -0.1) is 0 Å². The number of aromatic nitrogens is 5. The van der Waals surface area contributed by atoms with E-state index in [0.29, 0.717) is 0 Å². The molecule has 1 fully saturated rings. The van der Waals surface area contributed by atoms with Gasteiger partial charge in [-0.2, -0.15) is 20.5 Å². The SMILES string of the molecule is CCCn1ncc(CN2C[C@H](CC(=O)O)[C@H](c3cn[nH]n3)C2)c1C. The van der Waals surface area contributed by atoms with Crippen LogP contribution >= 0.6 is 0 Å². The predicted octanol–water partition coefficient (Wildman–Crippen LogP) is 1.41. The van der Waals surface area contributed by atoms with Crippen LogP contribution in [0.25, 0.3) is 0 Å². The maximum Gasteiger partial charge on any atom is 0.303 e. The summed E-state index contributed by atoms with van der Waals surface area (Å²) < 4.78 is 2.04. The summed E-state index contributed by atoms with van der Waals surface area (Å²) in [5, 5.41) is 24.3. The summed E-state index contributed by atoms with van der Waals surface area (Å²) in [4.78, 5) is 13.5. The number of H-pyrrole nitrogens is 1. The molecule has 3 rings (SSSR count). The standard InChI is InChI=1S/C16H24N6O2/c1-3-4-22-11(2)13(6-18-22)9-21-8-12(5-16(23)24)14(10-21)15-7-17-20-19-15/h6-7,12,14H,3-5,8-10H2,1-2H3,(H,23,24)(H,17,19,20)/t12-,14+/m0/s1. The molecule has 0 aliphatic carbocycles. The van der Waals surface area contributed by atoms with E-state index in [4.69, 9.17) is 0 Å². The van der Waals surface area contributed by atoms with Crippen molar-refractivity contribution in [1.29, 1.82) is 0 Å². The lowest BCUT2D eigenvalue weighted by Gasteiger charge is -2.15. The summed E-state index contributed by atoms with van der Waals surface area (Å²) >= 11 is 0. The Morgan fingerprint density at radius 1 is 1.42 bits per heavy atom. The molecule has 1 aliphatic heterocycles. The summed E-state index contributed by atoms with van der Waals surface area (Å²) in [6.45, 7) is 7.50. The molecule has 2 N–H and O–H groups in total. The summed E-state index contributed by atoms with van der Waals surface area (Å²) in [5.74, 6) is -0.605. The molecule has 2 aromatic rings. The molecule has 0 unspecified atom stereocenters. The highest BCUT2D eigenvalue weighted by atomic mass is 16.4. The molecular weight excluding hydrogens is 308 g/mol. The first-order valence-electron chi connectivity index (χ1n) is 8.39. The van der Waals surface area contributed by atoms with Crippen LogP contribution in [0.3, 0.4) is 0 Å². The van der Waals surface area contributed by atoms with E-state index in [9.17, 15) is 9.90 Å². The van der Waals surface area contributed by atoms with Gasteiger partial charge in [0.05, 0.1) is 24.5 Å². The molecule has 0 saturated carbocycles. The van der Waals surface area contributed by atoms with Crippen LogP contribution in [-0.2, 0) is 17.9 Å². The van der Waals surface area contributed by atoms with Gasteiger partial charge >= 0.3 is 5.97 Å². The zero-order valence-corrected chi connectivity index (χ0v) is 14.1. The first kappa shape index (κ1) is 16.6. The smallest absolute Gasteiger partial charge is 0.303 e. The van der Waals surface area contributed by atoms with Gasteiger partial charge in [0, 0.05) is 43.4 Å². The highest BCUT2D eigenvalue weighted by Gasteiger charge is 2.36. The van der Waals surface area contributed by atoms with Crippen LogP contribution in [0.15, 0.2) is 12.4 Å². The molecule has 0 spiro atoms. The Labute approximate surface area is 140 Å². The number of aliphatic carboxylic acids is 1. The van der Waals surface area contributed by atoms with Gasteiger partial charge in [-0.05, 0) is 19.3 Å². The van der Waals surface area contributed by atoms with E-state index in [1.165, 1.54) is 11.3 Å². The van der Waals surface area contributed by atoms with Crippen molar-refractivity contribution in [2.75, 3.05) is 13.1 Å². The largest absolute Gasteiger partial charge is 0.481 e. The maximum absolute atomic E-state index is 11.2. The molecule has 0 radical (unpaired) electrons. The molecular formula is C16H24N6O2. The second kappa shape index (κ2) is 7.12. The maximum atomic E-state index is 11.2. The lowest BCUT2D eigenvalue weighted by atomic mass is 9.91. The molecule has 0 amide bonds. The number of nitrogens with zero attached hydrogens (tertiary/aromatic N) is 5. The number of aromatic amines is 1. The molecule has 2 aromatic heterocycles. The Morgan fingerprint density at radius 2 is 2.25 bits per heavy atom. The fourth-order valence-corrected chi connectivity index (χ4v) is 3.56. The van der Waals surface area contributed by atoms with Crippen molar-refractivity contribution < 1.29 is 9.90 Å². The summed E-state index contributed by atoms with van der Waals surface area (Å²) in [5.41, 5.74) is 3.25. The van der Waals surface area contributed by atoms with E-state index in [1.807, 2.05) is 10.9 Å². The topological polar surface area (TPSA) is 99.9 Å². The molecule has 0 aromatic carbocycles. The van der Waals surface area contributed by atoms with E-state index in [1.54, 1.807) is 6.20 Å². The Hall–Kier alpha value is -2.22. The molecule has 2 atom stereocenters. The first-order chi connectivity index (χ1) is 11.6. The lowest BCUT2D eigenvalue weighted by molar-refractivity contribution is -0.138. The van der Waals surface area contributed by atoms with E-state index < -0.39 is 5.97 Å². The van der Waals surface area contributed by atoms with Crippen molar-refractivity contribution in [2.24, 2.45) is 5.92 Å². The van der Waals surface area contributed by atoms with Crippen LogP contribution in [0.2, 0.25) is 0 Å². The second-order valence-electron chi connectivity index (χ2n) is 6.53. The molecule has 130 valence electrons. The number of hydrogen-bond acceptors (Lipinski definition) is 5. The molecule has 1 aliphatic rings. The number of carbonyl (C=O) groups is 1. The molecule has 8 heteroatoms. The van der Waals surface area contributed by atoms with Gasteiger partial charge in [0.15, 0.2) is 0 Å². The Kier molecular flexibility index (Phi) is 4.94. The highest BCUT2D eigenvalue weighted by Crippen LogP contribution is 2.34. The van der Waals surface area contributed by atoms with Gasteiger partial charge < -0.3 is 5.11 Å². The van der Waals surface area contributed by atoms with Crippen molar-refractivity contribution in [1.82, 2.24) is 30.1 Å². The number of rotatable bonds is 7. The number of carboxylic acid groups (broad SMARTS) is 1. The Balaban J connectivity index is 1.72. The van der Waals surface area contributed by atoms with Crippen molar-refractivity contribution in [3.8, 4) is 0 Å². The average Bonchev–Trinajstić information content (AvgIpc) is 3.24. The summed E-state index contributed by atoms with van der Waals surface area (Å²) in [6.07, 6.45) is 4.84. The normalized spacial score (nSPS) is 21.4. The zero-order valence-electron chi connectivity index (χ0n) is 14.1. The van der Waals surface area contributed by atoms with Crippen LogP contribution < -0.4 is 0 Å². The number of carboxylic acids is 1. The van der Waals surface area contributed by atoms with Crippen LogP contribution in [0.4, 0.5) is 0 Å². The number of likely N-dealkylation sites (tertiary alicyclic amines) is 1. The minimum Gasteiger partial charge on any atom is -0.481 e. The summed E-state index contributed by atoms with van der Waals surface area (Å²) in [6, 6.07) is 0. The monoisotopic (exact) mass is 332 g/mol. The van der Waals surface area contributed by atoms with Crippen molar-refractivity contribution in [2.45, 2.75) is 45.7 Å². The van der Waals surface area contributed by atoms with E-state index in [2.05, 4.69) is 39.3 Å². The Morgan fingerprint density at radius 3 is 2.92 bits per heavy atom. The zero-order chi connectivity index (χ0) is 17.1. The molecule has 0 bridgehead atoms. The third-order valence-electron chi connectivity index (χ3n) is 4.80. The van der Waals surface area contributed by atoms with Gasteiger partial charge in [0.1, 0.15) is 0 Å². The van der Waals surface area contributed by atoms with Gasteiger partial charge in [0.2, 0.25) is 0 Å². The van der Waals surface area contributed by atoms with Gasteiger partial charge in [-0.3, -0.25) is 14.4 Å². The van der Waals surface area contributed by atoms with Crippen molar-refractivity contribution in [3.63, 3.8) is 0 Å². The third kappa shape index (κ3) is 3.48. The van der Waals surface area contributed by atoms with Crippen LogP contribution in [0.1, 0.15) is 42.6 Å². The molecule has 3 heterocycles. The van der Waals surface area contributed by atoms with Crippen LogP contribution in [-0.4, -0.2) is 54.3 Å². The highest BCUT2D eigenvalue weighted by molar-refractivity contribution is 5.67. The minimum atomic E-state index is -0.762. The van der Waals surface area contributed by atoms with Crippen molar-refractivity contribution in [3.05, 3.63) is 29.3 Å². The number of nitrogens with one attached hydrogen (secondary N) is 1. The van der Waals surface area contributed by atoms with Gasteiger partial charge in [0.25, 0.3) is 0 Å². The number of aryl methyl sites for hydroxylation is 1. The van der Waals surface area contributed by atoms with Gasteiger partial charge in [-0.25, -0.2) is 0 Å². The van der Waals surface area contributed by atoms with E-state index >= 15 is 0 Å². The molecule has 1 saturated heterocycles. The lowest BCUT2D eigenvalue weighted by Crippen LogP contribution is -2.21. The van der Waals surface area contributed by atoms with Crippen LogP contribution in [0.5, 0.6) is 0 Å². The van der Waals surface area contributed by atoms with Gasteiger partial charge in [-0.1, -0.05) is 6.92 Å². The average molecular weight is 332 g/mol. The minimum absolute atomic E-state index is 0.0543. The fourth-order valence-electron chi connectivity index (χ4n) is 3.56. The summed E-state index contributed by atoms with van der Waals surface area (Å²) in [7, 11) is 0. The first-order valence-corrected chi connectivity index (χ1v) is 8.39. The quantitative estimate of drug-likeness (QED) is 0.795. The van der Waals surface area contributed by atoms with E-state index in [-0.39, 0.29) is 18.3 Å². The Bertz CT molecular complexity index is 681. The predicted molar refractivity (Wildman–Crippen MR) is 87.4 cm³/mol. The van der Waals surface area contributed by atoms with E-state index in [0.717, 1.165) is 38.3 Å². The molecule has 24 heavy (non-hydrogen) atoms. The second-order valence-corrected chi connectivity index (χ2v) is 6.53. The fraction of sp³-hybridized carbons (Fsp3) is 0.625. The van der Waals surface area contributed by atoms with Crippen molar-refractivity contribution >= 4 is 5.97 Å². The third-order valence-corrected chi connectivity index (χ3v) is 4.80. The molecule has 8 nitrogen and oxygen atoms in total.